The van der Waals surface area contributed by atoms with Gasteiger partial charge in [-0.3, -0.25) is 9.59 Å². The van der Waals surface area contributed by atoms with Crippen molar-refractivity contribution in [3.05, 3.63) is 99.5 Å². The maximum Gasteiger partial charge on any atom is 0.416 e. The van der Waals surface area contributed by atoms with Crippen molar-refractivity contribution in [2.45, 2.75) is 12.7 Å². The fourth-order valence-corrected chi connectivity index (χ4v) is 2.56. The van der Waals surface area contributed by atoms with E-state index in [1.807, 2.05) is 0 Å². The average Bonchev–Trinajstić information content (AvgIpc) is 2.66. The van der Waals surface area contributed by atoms with Gasteiger partial charge in [-0.25, -0.2) is 8.78 Å². The van der Waals surface area contributed by atoms with Gasteiger partial charge in [-0.05, 0) is 35.9 Å². The first-order chi connectivity index (χ1) is 13.6. The Kier molecular flexibility index (Phi) is 5.49. The number of aromatic nitrogens is 1. The van der Waals surface area contributed by atoms with Gasteiger partial charge in [0.15, 0.2) is 11.6 Å². The van der Waals surface area contributed by atoms with E-state index < -0.39 is 34.8 Å². The van der Waals surface area contributed by atoms with Crippen LogP contribution in [0.3, 0.4) is 0 Å². The predicted octanol–water partition coefficient (Wildman–Crippen LogP) is 4.45. The highest BCUT2D eigenvalue weighted by molar-refractivity contribution is 6.04. The van der Waals surface area contributed by atoms with Crippen LogP contribution in [-0.2, 0) is 12.7 Å². The molecule has 1 heterocycles. The first-order valence-corrected chi connectivity index (χ1v) is 8.26. The summed E-state index contributed by atoms with van der Waals surface area (Å²) in [4.78, 5) is 24.3. The third-order valence-corrected chi connectivity index (χ3v) is 4.06. The number of carbonyl (C=O) groups is 1. The van der Waals surface area contributed by atoms with Gasteiger partial charge in [0.25, 0.3) is 11.5 Å². The van der Waals surface area contributed by atoms with Crippen LogP contribution in [0, 0.1) is 11.6 Å². The molecular formula is C20H13F5N2O2. The summed E-state index contributed by atoms with van der Waals surface area (Å²) in [5, 5.41) is 2.37. The van der Waals surface area contributed by atoms with Crippen molar-refractivity contribution in [3.8, 4) is 0 Å². The summed E-state index contributed by atoms with van der Waals surface area (Å²) in [5.74, 6) is -2.86. The number of halogens is 5. The van der Waals surface area contributed by atoms with Gasteiger partial charge in [-0.15, -0.1) is 0 Å². The molecule has 0 aliphatic heterocycles. The molecule has 0 bridgehead atoms. The lowest BCUT2D eigenvalue weighted by atomic mass is 10.1. The monoisotopic (exact) mass is 408 g/mol. The van der Waals surface area contributed by atoms with Gasteiger partial charge in [0, 0.05) is 24.0 Å². The largest absolute Gasteiger partial charge is 0.416 e. The standard InChI is InChI=1S/C20H13F5N2O2/c21-16-7-6-15(9-17(16)22)26-19(29)13-3-8-18(28)27(11-13)10-12-1-4-14(5-2-12)20(23,24)25/h1-9,11H,10H2,(H,26,29). The Hall–Kier alpha value is -3.49. The highest BCUT2D eigenvalue weighted by Gasteiger charge is 2.29. The number of nitrogens with one attached hydrogen (secondary N) is 1. The molecule has 2 aromatic carbocycles. The highest BCUT2D eigenvalue weighted by atomic mass is 19.4. The van der Waals surface area contributed by atoms with Crippen LogP contribution in [0.1, 0.15) is 21.5 Å². The Morgan fingerprint density at radius 2 is 1.62 bits per heavy atom. The second kappa shape index (κ2) is 7.86. The molecule has 9 heteroatoms. The molecular weight excluding hydrogens is 395 g/mol. The van der Waals surface area contributed by atoms with E-state index in [4.69, 9.17) is 0 Å². The zero-order valence-corrected chi connectivity index (χ0v) is 14.6. The Balaban J connectivity index is 1.79. The topological polar surface area (TPSA) is 51.1 Å². The summed E-state index contributed by atoms with van der Waals surface area (Å²) in [6.07, 6.45) is -3.23. The van der Waals surface area contributed by atoms with E-state index in [2.05, 4.69) is 5.32 Å². The normalized spacial score (nSPS) is 11.3. The molecule has 0 unspecified atom stereocenters. The number of carbonyl (C=O) groups excluding carboxylic acids is 1. The van der Waals surface area contributed by atoms with Crippen molar-refractivity contribution in [1.29, 1.82) is 0 Å². The van der Waals surface area contributed by atoms with Gasteiger partial charge in [0.1, 0.15) is 0 Å². The molecule has 4 nitrogen and oxygen atoms in total. The molecule has 150 valence electrons. The summed E-state index contributed by atoms with van der Waals surface area (Å²) in [6, 6.07) is 9.51. The quantitative estimate of drug-likeness (QED) is 0.649. The van der Waals surface area contributed by atoms with Crippen LogP contribution in [0.5, 0.6) is 0 Å². The van der Waals surface area contributed by atoms with Crippen LogP contribution in [0.2, 0.25) is 0 Å². The minimum atomic E-state index is -4.47. The number of rotatable bonds is 4. The average molecular weight is 408 g/mol. The zero-order valence-electron chi connectivity index (χ0n) is 14.6. The lowest BCUT2D eigenvalue weighted by molar-refractivity contribution is -0.137. The molecule has 0 aliphatic carbocycles. The second-order valence-electron chi connectivity index (χ2n) is 6.16. The molecule has 1 N–H and O–H groups in total. The Morgan fingerprint density at radius 1 is 0.931 bits per heavy atom. The van der Waals surface area contributed by atoms with Crippen LogP contribution in [0.4, 0.5) is 27.6 Å². The molecule has 1 aromatic heterocycles. The first-order valence-electron chi connectivity index (χ1n) is 8.26. The van der Waals surface area contributed by atoms with E-state index in [1.54, 1.807) is 0 Å². The van der Waals surface area contributed by atoms with Crippen LogP contribution >= 0.6 is 0 Å². The van der Waals surface area contributed by atoms with Crippen LogP contribution < -0.4 is 10.9 Å². The minimum absolute atomic E-state index is 0.0226. The fraction of sp³-hybridized carbons (Fsp3) is 0.100. The number of hydrogen-bond donors (Lipinski definition) is 1. The fourth-order valence-electron chi connectivity index (χ4n) is 2.56. The molecule has 0 saturated heterocycles. The molecule has 29 heavy (non-hydrogen) atoms. The summed E-state index contributed by atoms with van der Waals surface area (Å²) in [5.41, 5.74) is -0.767. The van der Waals surface area contributed by atoms with E-state index in [-0.39, 0.29) is 17.8 Å². The number of hydrogen-bond acceptors (Lipinski definition) is 2. The minimum Gasteiger partial charge on any atom is -0.322 e. The summed E-state index contributed by atoms with van der Waals surface area (Å²) < 4.78 is 65.3. The maximum atomic E-state index is 13.3. The number of anilines is 1. The smallest absolute Gasteiger partial charge is 0.322 e. The van der Waals surface area contributed by atoms with Crippen molar-refractivity contribution in [2.24, 2.45) is 0 Å². The van der Waals surface area contributed by atoms with Crippen molar-refractivity contribution < 1.29 is 26.7 Å². The third kappa shape index (κ3) is 4.87. The van der Waals surface area contributed by atoms with Gasteiger partial charge in [0.05, 0.1) is 17.7 Å². The van der Waals surface area contributed by atoms with Crippen LogP contribution in [-0.4, -0.2) is 10.5 Å². The van der Waals surface area contributed by atoms with E-state index in [0.29, 0.717) is 5.56 Å². The molecule has 0 aliphatic rings. The van der Waals surface area contributed by atoms with Crippen molar-refractivity contribution in [2.75, 3.05) is 5.32 Å². The Morgan fingerprint density at radius 3 is 2.24 bits per heavy atom. The van der Waals surface area contributed by atoms with Crippen molar-refractivity contribution in [1.82, 2.24) is 4.57 Å². The van der Waals surface area contributed by atoms with Crippen LogP contribution in [0.25, 0.3) is 0 Å². The Bertz CT molecular complexity index is 1110. The second-order valence-corrected chi connectivity index (χ2v) is 6.16. The first kappa shape index (κ1) is 20.2. The number of alkyl halides is 3. The third-order valence-electron chi connectivity index (χ3n) is 4.06. The van der Waals surface area contributed by atoms with Gasteiger partial charge >= 0.3 is 6.18 Å². The molecule has 1 amide bonds. The molecule has 0 atom stereocenters. The lowest BCUT2D eigenvalue weighted by Crippen LogP contribution is -2.22. The van der Waals surface area contributed by atoms with Crippen molar-refractivity contribution >= 4 is 11.6 Å². The number of pyridine rings is 1. The number of nitrogens with zero attached hydrogens (tertiary/aromatic N) is 1. The van der Waals surface area contributed by atoms with Gasteiger partial charge in [-0.1, -0.05) is 12.1 Å². The summed E-state index contributed by atoms with van der Waals surface area (Å²) in [7, 11) is 0. The number of amides is 1. The molecule has 0 radical (unpaired) electrons. The highest BCUT2D eigenvalue weighted by Crippen LogP contribution is 2.29. The Labute approximate surface area is 161 Å². The van der Waals surface area contributed by atoms with E-state index in [9.17, 15) is 31.5 Å². The molecule has 3 rings (SSSR count). The molecule has 0 spiro atoms. The van der Waals surface area contributed by atoms with Gasteiger partial charge < -0.3 is 9.88 Å². The van der Waals surface area contributed by atoms with Crippen LogP contribution in [0.15, 0.2) is 65.6 Å². The lowest BCUT2D eigenvalue weighted by Gasteiger charge is -2.11. The summed E-state index contributed by atoms with van der Waals surface area (Å²) >= 11 is 0. The number of benzene rings is 2. The molecule has 0 saturated carbocycles. The predicted molar refractivity (Wildman–Crippen MR) is 95.6 cm³/mol. The van der Waals surface area contributed by atoms with Crippen molar-refractivity contribution in [3.63, 3.8) is 0 Å². The van der Waals surface area contributed by atoms with E-state index in [0.717, 1.165) is 34.9 Å². The van der Waals surface area contributed by atoms with Gasteiger partial charge in [0.2, 0.25) is 0 Å². The van der Waals surface area contributed by atoms with Gasteiger partial charge in [-0.2, -0.15) is 13.2 Å². The molecule has 0 fully saturated rings. The van der Waals surface area contributed by atoms with E-state index >= 15 is 0 Å². The summed E-state index contributed by atoms with van der Waals surface area (Å²) in [6.45, 7) is -0.0523. The van der Waals surface area contributed by atoms with E-state index in [1.165, 1.54) is 30.5 Å². The maximum absolute atomic E-state index is 13.3. The molecule has 3 aromatic rings. The SMILES string of the molecule is O=C(Nc1ccc(F)c(F)c1)c1ccc(=O)n(Cc2ccc(C(F)(F)F)cc2)c1. The zero-order chi connectivity index (χ0) is 21.2.